The highest BCUT2D eigenvalue weighted by Crippen LogP contribution is 2.30. The van der Waals surface area contributed by atoms with Crippen LogP contribution in [0.4, 0.5) is 0 Å². The quantitative estimate of drug-likeness (QED) is 0.751. The lowest BCUT2D eigenvalue weighted by Gasteiger charge is -2.31. The maximum Gasteiger partial charge on any atom is 0.0153 e. The minimum atomic E-state index is 0.458. The van der Waals surface area contributed by atoms with Crippen molar-refractivity contribution in [3.8, 4) is 0 Å². The highest BCUT2D eigenvalue weighted by atomic mass is 15.0. The van der Waals surface area contributed by atoms with E-state index < -0.39 is 0 Å². The summed E-state index contributed by atoms with van der Waals surface area (Å²) in [4.78, 5) is 0. The van der Waals surface area contributed by atoms with Crippen LogP contribution in [0.2, 0.25) is 0 Å². The SMILES string of the molecule is CC1(NCC2CCC(N)CC2)CCCC1. The molecule has 15 heavy (non-hydrogen) atoms. The first-order chi connectivity index (χ1) is 7.18. The van der Waals surface area contributed by atoms with Gasteiger partial charge in [-0.05, 0) is 57.9 Å². The molecular weight excluding hydrogens is 184 g/mol. The Kier molecular flexibility index (Phi) is 3.68. The Morgan fingerprint density at radius 2 is 1.73 bits per heavy atom. The molecule has 2 aliphatic carbocycles. The lowest BCUT2D eigenvalue weighted by Crippen LogP contribution is -2.43. The number of hydrogen-bond acceptors (Lipinski definition) is 2. The second-order valence-electron chi connectivity index (χ2n) is 5.93. The normalized spacial score (nSPS) is 35.6. The molecule has 0 amide bonds. The molecule has 0 aliphatic heterocycles. The van der Waals surface area contributed by atoms with Crippen molar-refractivity contribution in [3.05, 3.63) is 0 Å². The molecule has 0 heterocycles. The van der Waals surface area contributed by atoms with Crippen molar-refractivity contribution >= 4 is 0 Å². The molecule has 0 spiro atoms. The molecule has 2 aliphatic rings. The number of hydrogen-bond donors (Lipinski definition) is 2. The van der Waals surface area contributed by atoms with Gasteiger partial charge in [0.1, 0.15) is 0 Å². The van der Waals surface area contributed by atoms with Gasteiger partial charge in [0.05, 0.1) is 0 Å². The van der Waals surface area contributed by atoms with Crippen LogP contribution in [0, 0.1) is 5.92 Å². The first-order valence-corrected chi connectivity index (χ1v) is 6.69. The third-order valence-corrected chi connectivity index (χ3v) is 4.42. The smallest absolute Gasteiger partial charge is 0.0153 e. The van der Waals surface area contributed by atoms with Crippen LogP contribution in [0.3, 0.4) is 0 Å². The largest absolute Gasteiger partial charge is 0.328 e. The molecule has 0 unspecified atom stereocenters. The Morgan fingerprint density at radius 1 is 1.13 bits per heavy atom. The Hall–Kier alpha value is -0.0800. The lowest BCUT2D eigenvalue weighted by atomic mass is 9.86. The molecule has 0 aromatic heterocycles. The van der Waals surface area contributed by atoms with Gasteiger partial charge in [0.25, 0.3) is 0 Å². The van der Waals surface area contributed by atoms with E-state index in [1.165, 1.54) is 57.9 Å². The van der Waals surface area contributed by atoms with Gasteiger partial charge >= 0.3 is 0 Å². The van der Waals surface area contributed by atoms with Gasteiger partial charge in [-0.3, -0.25) is 0 Å². The lowest BCUT2D eigenvalue weighted by molar-refractivity contribution is 0.271. The van der Waals surface area contributed by atoms with E-state index in [0.29, 0.717) is 11.6 Å². The predicted molar refractivity (Wildman–Crippen MR) is 64.8 cm³/mol. The van der Waals surface area contributed by atoms with Gasteiger partial charge in [0, 0.05) is 11.6 Å². The molecule has 0 bridgehead atoms. The average Bonchev–Trinajstić information content (AvgIpc) is 2.65. The maximum absolute atomic E-state index is 5.92. The molecule has 2 nitrogen and oxygen atoms in total. The molecule has 0 aromatic carbocycles. The van der Waals surface area contributed by atoms with E-state index in [2.05, 4.69) is 12.2 Å². The van der Waals surface area contributed by atoms with Crippen molar-refractivity contribution < 1.29 is 0 Å². The summed E-state index contributed by atoms with van der Waals surface area (Å²) >= 11 is 0. The summed E-state index contributed by atoms with van der Waals surface area (Å²) < 4.78 is 0. The van der Waals surface area contributed by atoms with Crippen molar-refractivity contribution in [2.45, 2.75) is 69.9 Å². The second kappa shape index (κ2) is 4.84. The van der Waals surface area contributed by atoms with Crippen molar-refractivity contribution in [2.75, 3.05) is 6.54 Å². The van der Waals surface area contributed by atoms with E-state index in [9.17, 15) is 0 Å². The molecular formula is C13H26N2. The summed E-state index contributed by atoms with van der Waals surface area (Å²) in [5, 5.41) is 3.80. The number of nitrogens with two attached hydrogens (primary N) is 1. The van der Waals surface area contributed by atoms with Crippen LogP contribution >= 0.6 is 0 Å². The van der Waals surface area contributed by atoms with Crippen molar-refractivity contribution in [1.82, 2.24) is 5.32 Å². The molecule has 2 saturated carbocycles. The van der Waals surface area contributed by atoms with Crippen molar-refractivity contribution in [2.24, 2.45) is 11.7 Å². The zero-order valence-corrected chi connectivity index (χ0v) is 10.1. The fourth-order valence-electron chi connectivity index (χ4n) is 3.12. The highest BCUT2D eigenvalue weighted by molar-refractivity contribution is 4.89. The van der Waals surface area contributed by atoms with E-state index in [4.69, 9.17) is 5.73 Å². The Morgan fingerprint density at radius 3 is 2.33 bits per heavy atom. The third-order valence-electron chi connectivity index (χ3n) is 4.42. The zero-order valence-electron chi connectivity index (χ0n) is 10.1. The topological polar surface area (TPSA) is 38.0 Å². The van der Waals surface area contributed by atoms with Crippen LogP contribution < -0.4 is 11.1 Å². The Bertz CT molecular complexity index is 189. The van der Waals surface area contributed by atoms with Gasteiger partial charge in [0.2, 0.25) is 0 Å². The summed E-state index contributed by atoms with van der Waals surface area (Å²) in [6.07, 6.45) is 10.7. The molecule has 2 heteroatoms. The van der Waals surface area contributed by atoms with Crippen LogP contribution in [-0.2, 0) is 0 Å². The van der Waals surface area contributed by atoms with Gasteiger partial charge < -0.3 is 11.1 Å². The molecule has 2 rings (SSSR count). The van der Waals surface area contributed by atoms with Crippen LogP contribution in [0.1, 0.15) is 58.3 Å². The highest BCUT2D eigenvalue weighted by Gasteiger charge is 2.29. The summed E-state index contributed by atoms with van der Waals surface area (Å²) in [5.41, 5.74) is 6.38. The fourth-order valence-corrected chi connectivity index (χ4v) is 3.12. The summed E-state index contributed by atoms with van der Waals surface area (Å²) in [5.74, 6) is 0.891. The number of rotatable bonds is 3. The maximum atomic E-state index is 5.92. The van der Waals surface area contributed by atoms with E-state index in [0.717, 1.165) is 5.92 Å². The van der Waals surface area contributed by atoms with Gasteiger partial charge in [-0.2, -0.15) is 0 Å². The van der Waals surface area contributed by atoms with Crippen LogP contribution in [0.5, 0.6) is 0 Å². The summed E-state index contributed by atoms with van der Waals surface area (Å²) in [6, 6.07) is 0.489. The molecule has 0 radical (unpaired) electrons. The Labute approximate surface area is 94.0 Å². The van der Waals surface area contributed by atoms with Crippen LogP contribution in [-0.4, -0.2) is 18.1 Å². The molecule has 3 N–H and O–H groups in total. The molecule has 0 aromatic rings. The van der Waals surface area contributed by atoms with Crippen LogP contribution in [0.25, 0.3) is 0 Å². The fraction of sp³-hybridized carbons (Fsp3) is 1.00. The first-order valence-electron chi connectivity index (χ1n) is 6.69. The third kappa shape index (κ3) is 3.18. The van der Waals surface area contributed by atoms with E-state index >= 15 is 0 Å². The predicted octanol–water partition coefficient (Wildman–Crippen LogP) is 2.43. The van der Waals surface area contributed by atoms with Crippen molar-refractivity contribution in [3.63, 3.8) is 0 Å². The summed E-state index contributed by atoms with van der Waals surface area (Å²) in [7, 11) is 0. The second-order valence-corrected chi connectivity index (χ2v) is 5.93. The van der Waals surface area contributed by atoms with Gasteiger partial charge in [-0.1, -0.05) is 12.8 Å². The molecule has 0 saturated heterocycles. The first kappa shape index (κ1) is 11.4. The Balaban J connectivity index is 1.69. The van der Waals surface area contributed by atoms with E-state index in [-0.39, 0.29) is 0 Å². The molecule has 2 fully saturated rings. The van der Waals surface area contributed by atoms with Crippen molar-refractivity contribution in [1.29, 1.82) is 0 Å². The average molecular weight is 210 g/mol. The standard InChI is InChI=1S/C13H26N2/c1-13(8-2-3-9-13)15-10-11-4-6-12(14)7-5-11/h11-12,15H,2-10,14H2,1H3. The minimum absolute atomic E-state index is 0.458. The molecule has 88 valence electrons. The van der Waals surface area contributed by atoms with Crippen LogP contribution in [0.15, 0.2) is 0 Å². The van der Waals surface area contributed by atoms with Gasteiger partial charge in [0.15, 0.2) is 0 Å². The monoisotopic (exact) mass is 210 g/mol. The molecule has 0 atom stereocenters. The van der Waals surface area contributed by atoms with E-state index in [1.807, 2.05) is 0 Å². The number of nitrogens with one attached hydrogen (secondary N) is 1. The van der Waals surface area contributed by atoms with Gasteiger partial charge in [-0.15, -0.1) is 0 Å². The zero-order chi connectivity index (χ0) is 10.7. The van der Waals surface area contributed by atoms with E-state index in [1.54, 1.807) is 0 Å². The summed E-state index contributed by atoms with van der Waals surface area (Å²) in [6.45, 7) is 3.62. The minimum Gasteiger partial charge on any atom is -0.328 e. The van der Waals surface area contributed by atoms with Gasteiger partial charge in [-0.25, -0.2) is 0 Å².